The van der Waals surface area contributed by atoms with Crippen molar-refractivity contribution in [3.8, 4) is 0 Å². The lowest BCUT2D eigenvalue weighted by molar-refractivity contribution is -0.259. The molecule has 0 atom stereocenters. The second kappa shape index (κ2) is 22.7. The molecule has 0 aliphatic carbocycles. The molecule has 28 heavy (non-hydrogen) atoms. The number of carbonyl (C=O) groups excluding carboxylic acids is 2. The minimum absolute atomic E-state index is 0.328. The standard InChI is InChI=1S/C23H43BrO4/c1-2-3-4-5-6-7-10-13-16-19-22(25)27-28-23(26)20-17-14-11-8-9-12-15-18-21-24/h2-21H2,1H3. The third-order valence-electron chi connectivity index (χ3n) is 4.98. The molecule has 0 aromatic heterocycles. The normalized spacial score (nSPS) is 10.8. The summed E-state index contributed by atoms with van der Waals surface area (Å²) in [4.78, 5) is 32.4. The van der Waals surface area contributed by atoms with Crippen LogP contribution in [0.3, 0.4) is 0 Å². The van der Waals surface area contributed by atoms with Crippen molar-refractivity contribution < 1.29 is 19.4 Å². The van der Waals surface area contributed by atoms with Crippen LogP contribution in [0.15, 0.2) is 0 Å². The van der Waals surface area contributed by atoms with E-state index in [0.29, 0.717) is 12.8 Å². The Balaban J connectivity index is 3.32. The quantitative estimate of drug-likeness (QED) is 0.0799. The van der Waals surface area contributed by atoms with Crippen molar-refractivity contribution in [1.29, 1.82) is 0 Å². The number of halogens is 1. The summed E-state index contributed by atoms with van der Waals surface area (Å²) >= 11 is 3.44. The van der Waals surface area contributed by atoms with Crippen molar-refractivity contribution >= 4 is 27.9 Å². The Kier molecular flexibility index (Phi) is 22.2. The van der Waals surface area contributed by atoms with Crippen LogP contribution < -0.4 is 0 Å². The molecule has 0 saturated carbocycles. The van der Waals surface area contributed by atoms with Gasteiger partial charge in [0.1, 0.15) is 0 Å². The summed E-state index contributed by atoms with van der Waals surface area (Å²) in [6, 6.07) is 0. The summed E-state index contributed by atoms with van der Waals surface area (Å²) in [5, 5.41) is 1.10. The van der Waals surface area contributed by atoms with E-state index in [0.717, 1.165) is 43.9 Å². The summed E-state index contributed by atoms with van der Waals surface area (Å²) < 4.78 is 0. The van der Waals surface area contributed by atoms with Crippen molar-refractivity contribution in [2.24, 2.45) is 0 Å². The fourth-order valence-corrected chi connectivity index (χ4v) is 3.58. The number of rotatable bonds is 20. The lowest BCUT2D eigenvalue weighted by atomic mass is 10.1. The Morgan fingerprint density at radius 1 is 0.536 bits per heavy atom. The van der Waals surface area contributed by atoms with Gasteiger partial charge in [-0.1, -0.05) is 113 Å². The van der Waals surface area contributed by atoms with E-state index in [1.807, 2.05) is 0 Å². The highest BCUT2D eigenvalue weighted by atomic mass is 79.9. The molecule has 0 N–H and O–H groups in total. The molecule has 0 aromatic rings. The summed E-state index contributed by atoms with van der Waals surface area (Å²) in [5.41, 5.74) is 0. The maximum Gasteiger partial charge on any atom is 0.355 e. The first-order valence-corrected chi connectivity index (χ1v) is 12.8. The van der Waals surface area contributed by atoms with Gasteiger partial charge in [0.05, 0.1) is 12.8 Å². The first-order valence-electron chi connectivity index (χ1n) is 11.7. The Morgan fingerprint density at radius 2 is 0.857 bits per heavy atom. The van der Waals surface area contributed by atoms with Crippen molar-refractivity contribution in [3.05, 3.63) is 0 Å². The minimum atomic E-state index is -0.433. The van der Waals surface area contributed by atoms with Crippen LogP contribution in [0.5, 0.6) is 0 Å². The third kappa shape index (κ3) is 21.7. The molecule has 5 heteroatoms. The first-order chi connectivity index (χ1) is 13.7. The van der Waals surface area contributed by atoms with Crippen LogP contribution in [0.1, 0.15) is 129 Å². The topological polar surface area (TPSA) is 52.6 Å². The van der Waals surface area contributed by atoms with Gasteiger partial charge in [-0.2, -0.15) is 0 Å². The second-order valence-electron chi connectivity index (χ2n) is 7.76. The molecule has 0 rings (SSSR count). The van der Waals surface area contributed by atoms with Crippen LogP contribution in [-0.2, 0) is 19.4 Å². The zero-order valence-corrected chi connectivity index (χ0v) is 19.7. The Morgan fingerprint density at radius 3 is 1.21 bits per heavy atom. The van der Waals surface area contributed by atoms with Crippen molar-refractivity contribution in [2.45, 2.75) is 129 Å². The summed E-state index contributed by atoms with van der Waals surface area (Å²) in [6.45, 7) is 2.23. The third-order valence-corrected chi connectivity index (χ3v) is 5.54. The van der Waals surface area contributed by atoms with Crippen LogP contribution in [0.2, 0.25) is 0 Å². The number of carbonyl (C=O) groups is 2. The molecule has 0 unspecified atom stereocenters. The van der Waals surface area contributed by atoms with Gasteiger partial charge < -0.3 is 0 Å². The lowest BCUT2D eigenvalue weighted by Gasteiger charge is -2.04. The number of hydrogen-bond donors (Lipinski definition) is 0. The van der Waals surface area contributed by atoms with Crippen LogP contribution in [0, 0.1) is 0 Å². The fraction of sp³-hybridized carbons (Fsp3) is 0.913. The molecular weight excluding hydrogens is 420 g/mol. The number of alkyl halides is 1. The van der Waals surface area contributed by atoms with Gasteiger partial charge in [0.25, 0.3) is 0 Å². The molecule has 0 amide bonds. The number of unbranched alkanes of at least 4 members (excludes halogenated alkanes) is 15. The molecule has 0 aliphatic rings. The highest BCUT2D eigenvalue weighted by Gasteiger charge is 2.09. The smallest absolute Gasteiger partial charge is 0.247 e. The van der Waals surface area contributed by atoms with Crippen LogP contribution in [-0.4, -0.2) is 17.3 Å². The van der Waals surface area contributed by atoms with E-state index in [4.69, 9.17) is 0 Å². The van der Waals surface area contributed by atoms with Crippen molar-refractivity contribution in [2.75, 3.05) is 5.33 Å². The van der Waals surface area contributed by atoms with E-state index in [1.165, 1.54) is 70.6 Å². The summed E-state index contributed by atoms with van der Waals surface area (Å²) in [7, 11) is 0. The highest BCUT2D eigenvalue weighted by molar-refractivity contribution is 9.09. The van der Waals surface area contributed by atoms with E-state index in [1.54, 1.807) is 0 Å². The van der Waals surface area contributed by atoms with Gasteiger partial charge in [0, 0.05) is 5.33 Å². The van der Waals surface area contributed by atoms with Crippen LogP contribution in [0.25, 0.3) is 0 Å². The van der Waals surface area contributed by atoms with Gasteiger partial charge in [-0.25, -0.2) is 19.4 Å². The van der Waals surface area contributed by atoms with Gasteiger partial charge in [0.15, 0.2) is 0 Å². The van der Waals surface area contributed by atoms with E-state index >= 15 is 0 Å². The van der Waals surface area contributed by atoms with Gasteiger partial charge >= 0.3 is 11.9 Å². The fourth-order valence-electron chi connectivity index (χ4n) is 3.18. The van der Waals surface area contributed by atoms with Gasteiger partial charge in [0.2, 0.25) is 0 Å². The second-order valence-corrected chi connectivity index (χ2v) is 8.55. The largest absolute Gasteiger partial charge is 0.355 e. The maximum atomic E-state index is 11.6. The van der Waals surface area contributed by atoms with E-state index in [-0.39, 0.29) is 0 Å². The molecular formula is C23H43BrO4. The van der Waals surface area contributed by atoms with Gasteiger partial charge in [-0.05, 0) is 19.3 Å². The van der Waals surface area contributed by atoms with Crippen LogP contribution in [0.4, 0.5) is 0 Å². The average Bonchev–Trinajstić information content (AvgIpc) is 2.69. The number of hydrogen-bond acceptors (Lipinski definition) is 4. The predicted octanol–water partition coefficient (Wildman–Crippen LogP) is 7.81. The Bertz CT molecular complexity index is 327. The zero-order chi connectivity index (χ0) is 20.7. The zero-order valence-electron chi connectivity index (χ0n) is 18.2. The molecule has 0 saturated heterocycles. The van der Waals surface area contributed by atoms with E-state index in [2.05, 4.69) is 32.6 Å². The molecule has 0 heterocycles. The first kappa shape index (κ1) is 27.4. The molecule has 0 spiro atoms. The molecule has 0 radical (unpaired) electrons. The molecule has 0 aromatic carbocycles. The van der Waals surface area contributed by atoms with Crippen molar-refractivity contribution in [1.82, 2.24) is 0 Å². The predicted molar refractivity (Wildman–Crippen MR) is 119 cm³/mol. The monoisotopic (exact) mass is 462 g/mol. The Hall–Kier alpha value is -0.580. The van der Waals surface area contributed by atoms with Gasteiger partial charge in [-0.3, -0.25) is 0 Å². The Labute approximate surface area is 181 Å². The highest BCUT2D eigenvalue weighted by Crippen LogP contribution is 2.12. The molecule has 4 nitrogen and oxygen atoms in total. The van der Waals surface area contributed by atoms with Crippen LogP contribution >= 0.6 is 15.9 Å². The van der Waals surface area contributed by atoms with Gasteiger partial charge in [-0.15, -0.1) is 0 Å². The van der Waals surface area contributed by atoms with E-state index < -0.39 is 11.9 Å². The maximum absolute atomic E-state index is 11.6. The van der Waals surface area contributed by atoms with E-state index in [9.17, 15) is 9.59 Å². The summed E-state index contributed by atoms with van der Waals surface area (Å²) in [6.07, 6.45) is 20.8. The molecule has 0 bridgehead atoms. The molecule has 0 aliphatic heterocycles. The summed E-state index contributed by atoms with van der Waals surface area (Å²) in [5.74, 6) is -0.863. The molecule has 0 fully saturated rings. The SMILES string of the molecule is CCCCCCCCCCCC(=O)OOC(=O)CCCCCCCCCCBr. The minimum Gasteiger partial charge on any atom is -0.247 e. The molecule has 166 valence electrons. The lowest BCUT2D eigenvalue weighted by Crippen LogP contribution is -2.11. The average molecular weight is 463 g/mol. The van der Waals surface area contributed by atoms with Crippen molar-refractivity contribution in [3.63, 3.8) is 0 Å².